The molecule has 0 atom stereocenters. The van der Waals surface area contributed by atoms with Crippen molar-refractivity contribution >= 4 is 17.6 Å². The highest BCUT2D eigenvalue weighted by atomic mass is 16.5. The van der Waals surface area contributed by atoms with Crippen LogP contribution in [-0.2, 0) is 33.2 Å². The van der Waals surface area contributed by atoms with Gasteiger partial charge in [-0.2, -0.15) is 0 Å². The molecule has 4 heterocycles. The van der Waals surface area contributed by atoms with Crippen molar-refractivity contribution in [2.75, 3.05) is 88.5 Å². The van der Waals surface area contributed by atoms with Crippen LogP contribution in [0, 0.1) is 0 Å². The Morgan fingerprint density at radius 2 is 1.08 bits per heavy atom. The van der Waals surface area contributed by atoms with Crippen molar-refractivity contribution in [3.63, 3.8) is 0 Å². The molecule has 2 aromatic carbocycles. The Morgan fingerprint density at radius 3 is 1.53 bits per heavy atom. The molecule has 316 valence electrons. The van der Waals surface area contributed by atoms with Crippen LogP contribution in [0.5, 0.6) is 0 Å². The number of rotatable bonds is 13. The van der Waals surface area contributed by atoms with Crippen molar-refractivity contribution in [3.05, 3.63) is 95.1 Å². The Hall–Kier alpha value is -4.31. The van der Waals surface area contributed by atoms with Crippen LogP contribution >= 0.6 is 0 Å². The number of carbonyl (C=O) groups excluding carboxylic acids is 1. The third-order valence-electron chi connectivity index (χ3n) is 13.2. The van der Waals surface area contributed by atoms with Gasteiger partial charge in [-0.25, -0.2) is 9.97 Å². The molecule has 0 saturated carbocycles. The van der Waals surface area contributed by atoms with Gasteiger partial charge in [-0.15, -0.1) is 0 Å². The second kappa shape index (κ2) is 19.4. The number of nitrogens with zero attached hydrogens (tertiary/aromatic N) is 6. The van der Waals surface area contributed by atoms with Crippen LogP contribution in [0.4, 0.5) is 11.6 Å². The molecule has 2 aromatic heterocycles. The molecule has 0 spiro atoms. The Kier molecular flexibility index (Phi) is 14.1. The third kappa shape index (κ3) is 10.9. The quantitative estimate of drug-likeness (QED) is 0.106. The average molecular weight is 801 g/mol. The second-order valence-electron chi connectivity index (χ2n) is 18.4. The number of hydrogen-bond acceptors (Lipinski definition) is 9. The molecular weight excluding hydrogens is 733 g/mol. The van der Waals surface area contributed by atoms with Crippen molar-refractivity contribution in [1.82, 2.24) is 19.8 Å². The van der Waals surface area contributed by atoms with Crippen LogP contribution in [0.3, 0.4) is 0 Å². The van der Waals surface area contributed by atoms with Gasteiger partial charge >= 0.3 is 5.97 Å². The molecule has 9 nitrogen and oxygen atoms in total. The van der Waals surface area contributed by atoms with E-state index in [1.54, 1.807) is 0 Å². The molecule has 2 aliphatic heterocycles. The SMILES string of the molecule is CC(=O)OCCCCN1CCN(c2cccc(-c3ccc4c(c3)C(C)(C)CC4)n2)CC1.CC1(C)CCc2ccc(-c3cccc(N4CCN(CCCCO)CC4)n3)cc21. The maximum absolute atomic E-state index is 10.8. The third-order valence-corrected chi connectivity index (χ3v) is 13.2. The van der Waals surface area contributed by atoms with Crippen molar-refractivity contribution in [1.29, 1.82) is 0 Å². The molecule has 0 bridgehead atoms. The number of carbonyl (C=O) groups is 1. The number of anilines is 2. The zero-order valence-electron chi connectivity index (χ0n) is 36.5. The van der Waals surface area contributed by atoms with Gasteiger partial charge < -0.3 is 19.6 Å². The van der Waals surface area contributed by atoms with Crippen molar-refractivity contribution in [3.8, 4) is 22.5 Å². The zero-order valence-corrected chi connectivity index (χ0v) is 36.5. The highest BCUT2D eigenvalue weighted by molar-refractivity contribution is 5.66. The molecule has 0 unspecified atom stereocenters. The summed E-state index contributed by atoms with van der Waals surface area (Å²) in [5.41, 5.74) is 11.1. The van der Waals surface area contributed by atoms with E-state index >= 15 is 0 Å². The molecule has 4 aliphatic rings. The topological polar surface area (TPSA) is 85.3 Å². The summed E-state index contributed by atoms with van der Waals surface area (Å²) in [4.78, 5) is 30.7. The summed E-state index contributed by atoms with van der Waals surface area (Å²) in [6.07, 6.45) is 8.83. The Balaban J connectivity index is 0.000000180. The number of unbranched alkanes of at least 4 members (excludes halogenated alkanes) is 2. The molecule has 2 saturated heterocycles. The highest BCUT2D eigenvalue weighted by Gasteiger charge is 2.31. The average Bonchev–Trinajstić information content (AvgIpc) is 3.73. The lowest BCUT2D eigenvalue weighted by molar-refractivity contribution is -0.141. The van der Waals surface area contributed by atoms with E-state index in [1.165, 1.54) is 66.0 Å². The first-order valence-corrected chi connectivity index (χ1v) is 22.4. The fraction of sp³-hybridized carbons (Fsp3) is 0.540. The van der Waals surface area contributed by atoms with Gasteiger partial charge in [-0.05, 0) is 134 Å². The summed E-state index contributed by atoms with van der Waals surface area (Å²) in [6, 6.07) is 26.6. The number of pyridine rings is 2. The van der Waals surface area contributed by atoms with E-state index in [-0.39, 0.29) is 16.8 Å². The lowest BCUT2D eigenvalue weighted by atomic mass is 9.85. The van der Waals surface area contributed by atoms with Gasteiger partial charge in [0.05, 0.1) is 18.0 Å². The van der Waals surface area contributed by atoms with Crippen LogP contribution in [0.15, 0.2) is 72.8 Å². The fourth-order valence-electron chi connectivity index (χ4n) is 9.35. The first kappa shape index (κ1) is 42.8. The number of esters is 1. The minimum absolute atomic E-state index is 0.188. The molecule has 8 rings (SSSR count). The minimum Gasteiger partial charge on any atom is -0.466 e. The molecule has 4 aromatic rings. The highest BCUT2D eigenvalue weighted by Crippen LogP contribution is 2.41. The van der Waals surface area contributed by atoms with Gasteiger partial charge in [0.1, 0.15) is 11.6 Å². The van der Waals surface area contributed by atoms with E-state index in [0.717, 1.165) is 114 Å². The first-order valence-electron chi connectivity index (χ1n) is 22.4. The number of benzene rings is 2. The first-order chi connectivity index (χ1) is 28.5. The van der Waals surface area contributed by atoms with Gasteiger partial charge in [0, 0.05) is 77.0 Å². The molecule has 59 heavy (non-hydrogen) atoms. The summed E-state index contributed by atoms with van der Waals surface area (Å²) in [5, 5.41) is 8.95. The largest absolute Gasteiger partial charge is 0.466 e. The lowest BCUT2D eigenvalue weighted by Gasteiger charge is -2.35. The molecule has 1 N–H and O–H groups in total. The maximum Gasteiger partial charge on any atom is 0.302 e. The van der Waals surface area contributed by atoms with E-state index in [9.17, 15) is 4.79 Å². The minimum atomic E-state index is -0.188. The van der Waals surface area contributed by atoms with Crippen molar-refractivity contribution in [2.24, 2.45) is 0 Å². The lowest BCUT2D eigenvalue weighted by Crippen LogP contribution is -2.47. The van der Waals surface area contributed by atoms with Crippen LogP contribution < -0.4 is 9.80 Å². The van der Waals surface area contributed by atoms with E-state index in [2.05, 4.69) is 120 Å². The van der Waals surface area contributed by atoms with E-state index in [4.69, 9.17) is 19.8 Å². The van der Waals surface area contributed by atoms with Gasteiger partial charge in [0.2, 0.25) is 0 Å². The summed E-state index contributed by atoms with van der Waals surface area (Å²) >= 11 is 0. The summed E-state index contributed by atoms with van der Waals surface area (Å²) in [6.45, 7) is 22.1. The number of aliphatic hydroxyl groups is 1. The second-order valence-corrected chi connectivity index (χ2v) is 18.4. The molecule has 2 aliphatic carbocycles. The van der Waals surface area contributed by atoms with E-state index in [0.29, 0.717) is 13.2 Å². The molecule has 9 heteroatoms. The van der Waals surface area contributed by atoms with Gasteiger partial charge in [-0.3, -0.25) is 14.6 Å². The predicted molar refractivity (Wildman–Crippen MR) is 242 cm³/mol. The number of aliphatic hydroxyl groups excluding tert-OH is 1. The number of ether oxygens (including phenoxy) is 1. The monoisotopic (exact) mass is 801 g/mol. The zero-order chi connectivity index (χ0) is 41.4. The summed E-state index contributed by atoms with van der Waals surface area (Å²) in [7, 11) is 0. The maximum atomic E-state index is 10.8. The Labute approximate surface area is 353 Å². The smallest absolute Gasteiger partial charge is 0.302 e. The van der Waals surface area contributed by atoms with Crippen LogP contribution in [0.1, 0.15) is 95.4 Å². The Bertz CT molecular complexity index is 2010. The van der Waals surface area contributed by atoms with Crippen LogP contribution in [0.2, 0.25) is 0 Å². The molecule has 2 fully saturated rings. The van der Waals surface area contributed by atoms with Gasteiger partial charge in [0.25, 0.3) is 0 Å². The fourth-order valence-corrected chi connectivity index (χ4v) is 9.35. The number of hydrogen-bond donors (Lipinski definition) is 1. The van der Waals surface area contributed by atoms with Crippen LogP contribution in [-0.4, -0.2) is 110 Å². The van der Waals surface area contributed by atoms with Crippen molar-refractivity contribution < 1.29 is 14.6 Å². The summed E-state index contributed by atoms with van der Waals surface area (Å²) in [5.74, 6) is 1.98. The standard InChI is InChI=1S/C26H35N3O2.C24H33N3O/c1-20(30)31-18-5-4-13-28-14-16-29(17-15-28)25-8-6-7-24(27-25)22-10-9-21-11-12-26(2,3)23(21)19-22;1-24(2)11-10-19-8-9-20(18-21(19)24)22-6-5-7-23(25-22)27-15-13-26(14-16-27)12-3-4-17-28/h6-10,19H,4-5,11-18H2,1-3H3;5-9,18,28H,3-4,10-17H2,1-2H3. The molecule has 0 amide bonds. The molecular formula is C50H68N6O3. The van der Waals surface area contributed by atoms with Gasteiger partial charge in [-0.1, -0.05) is 64.1 Å². The summed E-state index contributed by atoms with van der Waals surface area (Å²) < 4.78 is 5.02. The number of aryl methyl sites for hydroxylation is 2. The Morgan fingerprint density at radius 1 is 0.627 bits per heavy atom. The van der Waals surface area contributed by atoms with E-state index < -0.39 is 0 Å². The van der Waals surface area contributed by atoms with Crippen LogP contribution in [0.25, 0.3) is 22.5 Å². The number of aromatic nitrogens is 2. The predicted octanol–water partition coefficient (Wildman–Crippen LogP) is 8.30. The number of fused-ring (bicyclic) bond motifs is 2. The normalized spacial score (nSPS) is 18.5. The van der Waals surface area contributed by atoms with E-state index in [1.807, 2.05) is 0 Å². The number of piperazine rings is 2. The molecule has 0 radical (unpaired) electrons. The van der Waals surface area contributed by atoms with Gasteiger partial charge in [0.15, 0.2) is 0 Å². The van der Waals surface area contributed by atoms with Crippen molar-refractivity contribution in [2.45, 2.75) is 96.8 Å².